The largest absolute Gasteiger partial charge is 0.335 e. The molecule has 7 heteroatoms. The van der Waals surface area contributed by atoms with E-state index in [4.69, 9.17) is 11.6 Å². The zero-order valence-corrected chi connectivity index (χ0v) is 15.0. The molecule has 0 radical (unpaired) electrons. The molecule has 1 saturated heterocycles. The second-order valence-electron chi connectivity index (χ2n) is 6.62. The van der Waals surface area contributed by atoms with Crippen molar-refractivity contribution in [3.8, 4) is 0 Å². The van der Waals surface area contributed by atoms with Crippen LogP contribution in [-0.4, -0.2) is 43.6 Å². The number of likely N-dealkylation sites (tertiary alicyclic amines) is 1. The van der Waals surface area contributed by atoms with Crippen LogP contribution in [0.1, 0.15) is 60.5 Å². The Morgan fingerprint density at radius 1 is 1.38 bits per heavy atom. The van der Waals surface area contributed by atoms with Gasteiger partial charge in [-0.1, -0.05) is 25.4 Å². The summed E-state index contributed by atoms with van der Waals surface area (Å²) in [7, 11) is 0. The van der Waals surface area contributed by atoms with Crippen molar-refractivity contribution in [3.63, 3.8) is 0 Å². The maximum Gasteiger partial charge on any atom is 0.274 e. The van der Waals surface area contributed by atoms with Crippen LogP contribution in [0.2, 0.25) is 5.02 Å². The number of carbonyl (C=O) groups is 1. The molecule has 2 aromatic rings. The molecule has 128 valence electrons. The molecule has 1 aliphatic heterocycles. The molecule has 0 aliphatic carbocycles. The van der Waals surface area contributed by atoms with E-state index in [9.17, 15) is 4.79 Å². The van der Waals surface area contributed by atoms with Crippen molar-refractivity contribution in [2.24, 2.45) is 0 Å². The van der Waals surface area contributed by atoms with Crippen LogP contribution in [0.5, 0.6) is 0 Å². The molecule has 3 heterocycles. The first-order valence-corrected chi connectivity index (χ1v) is 8.66. The van der Waals surface area contributed by atoms with Crippen LogP contribution < -0.4 is 0 Å². The van der Waals surface area contributed by atoms with Gasteiger partial charge in [-0.15, -0.1) is 0 Å². The average Bonchev–Trinajstić information content (AvgIpc) is 3.01. The molecule has 0 unspecified atom stereocenters. The second kappa shape index (κ2) is 6.89. The molecule has 2 aromatic heterocycles. The minimum Gasteiger partial charge on any atom is -0.335 e. The lowest BCUT2D eigenvalue weighted by Crippen LogP contribution is -2.41. The molecule has 0 N–H and O–H groups in total. The Bertz CT molecular complexity index is 742. The molecule has 1 amide bonds. The number of amides is 1. The lowest BCUT2D eigenvalue weighted by atomic mass is 10.1. The summed E-state index contributed by atoms with van der Waals surface area (Å²) in [6, 6.07) is 0.196. The molecule has 0 saturated carbocycles. The SMILES string of the molecule is Cc1cnn([C@@H]2CCCN(C(=O)c3nc(C(C)C)ncc3Cl)C2)c1. The maximum atomic E-state index is 12.9. The summed E-state index contributed by atoms with van der Waals surface area (Å²) in [5.74, 6) is 0.659. The summed E-state index contributed by atoms with van der Waals surface area (Å²) in [6.45, 7) is 7.34. The molecular weight excluding hydrogens is 326 g/mol. The minimum atomic E-state index is -0.127. The van der Waals surface area contributed by atoms with Gasteiger partial charge in [-0.3, -0.25) is 9.48 Å². The summed E-state index contributed by atoms with van der Waals surface area (Å²) in [5, 5.41) is 4.69. The summed E-state index contributed by atoms with van der Waals surface area (Å²) in [4.78, 5) is 23.3. The Morgan fingerprint density at radius 2 is 2.17 bits per heavy atom. The van der Waals surface area contributed by atoms with Gasteiger partial charge >= 0.3 is 0 Å². The van der Waals surface area contributed by atoms with Gasteiger partial charge in [-0.2, -0.15) is 5.10 Å². The van der Waals surface area contributed by atoms with E-state index in [-0.39, 0.29) is 17.9 Å². The fourth-order valence-electron chi connectivity index (χ4n) is 2.95. The van der Waals surface area contributed by atoms with Gasteiger partial charge in [0.1, 0.15) is 5.82 Å². The number of hydrogen-bond acceptors (Lipinski definition) is 4. The lowest BCUT2D eigenvalue weighted by molar-refractivity contribution is 0.0666. The van der Waals surface area contributed by atoms with Crippen molar-refractivity contribution in [1.82, 2.24) is 24.6 Å². The smallest absolute Gasteiger partial charge is 0.274 e. The first-order valence-electron chi connectivity index (χ1n) is 8.28. The third-order valence-electron chi connectivity index (χ3n) is 4.27. The van der Waals surface area contributed by atoms with Crippen molar-refractivity contribution in [2.75, 3.05) is 13.1 Å². The molecule has 0 aromatic carbocycles. The number of halogens is 1. The Hall–Kier alpha value is -1.95. The van der Waals surface area contributed by atoms with E-state index < -0.39 is 0 Å². The van der Waals surface area contributed by atoms with Gasteiger partial charge in [0.15, 0.2) is 5.69 Å². The third-order valence-corrected chi connectivity index (χ3v) is 4.55. The number of piperidine rings is 1. The summed E-state index contributed by atoms with van der Waals surface area (Å²) < 4.78 is 1.95. The van der Waals surface area contributed by atoms with E-state index in [0.717, 1.165) is 18.4 Å². The van der Waals surface area contributed by atoms with Crippen molar-refractivity contribution in [2.45, 2.75) is 45.6 Å². The monoisotopic (exact) mass is 347 g/mol. The number of carbonyl (C=O) groups excluding carboxylic acids is 1. The van der Waals surface area contributed by atoms with Gasteiger partial charge in [-0.05, 0) is 25.3 Å². The summed E-state index contributed by atoms with van der Waals surface area (Å²) >= 11 is 6.18. The van der Waals surface area contributed by atoms with Crippen LogP contribution in [0.3, 0.4) is 0 Å². The minimum absolute atomic E-state index is 0.127. The third kappa shape index (κ3) is 3.43. The van der Waals surface area contributed by atoms with E-state index in [1.54, 1.807) is 0 Å². The van der Waals surface area contributed by atoms with Crippen molar-refractivity contribution >= 4 is 17.5 Å². The number of aryl methyl sites for hydroxylation is 1. The number of aromatic nitrogens is 4. The quantitative estimate of drug-likeness (QED) is 0.855. The van der Waals surface area contributed by atoms with Gasteiger partial charge in [0.05, 0.1) is 23.5 Å². The summed E-state index contributed by atoms with van der Waals surface area (Å²) in [6.07, 6.45) is 7.34. The molecular formula is C17H22ClN5O. The highest BCUT2D eigenvalue weighted by atomic mass is 35.5. The van der Waals surface area contributed by atoms with Gasteiger partial charge < -0.3 is 4.90 Å². The van der Waals surface area contributed by atoms with Gasteiger partial charge in [0.2, 0.25) is 0 Å². The van der Waals surface area contributed by atoms with Gasteiger partial charge in [0, 0.05) is 25.2 Å². The highest BCUT2D eigenvalue weighted by Crippen LogP contribution is 2.24. The number of hydrogen-bond donors (Lipinski definition) is 0. The highest BCUT2D eigenvalue weighted by Gasteiger charge is 2.28. The van der Waals surface area contributed by atoms with E-state index in [1.807, 2.05) is 42.7 Å². The van der Waals surface area contributed by atoms with Crippen LogP contribution >= 0.6 is 11.6 Å². The van der Waals surface area contributed by atoms with Gasteiger partial charge in [-0.25, -0.2) is 9.97 Å². The molecule has 1 atom stereocenters. The molecule has 6 nitrogen and oxygen atoms in total. The van der Waals surface area contributed by atoms with Crippen LogP contribution in [0.15, 0.2) is 18.6 Å². The van der Waals surface area contributed by atoms with Crippen LogP contribution in [-0.2, 0) is 0 Å². The number of nitrogens with zero attached hydrogens (tertiary/aromatic N) is 5. The van der Waals surface area contributed by atoms with Crippen molar-refractivity contribution in [3.05, 3.63) is 40.7 Å². The molecule has 1 fully saturated rings. The zero-order chi connectivity index (χ0) is 17.3. The molecule has 3 rings (SSSR count). The molecule has 0 bridgehead atoms. The summed E-state index contributed by atoms with van der Waals surface area (Å²) in [5.41, 5.74) is 1.42. The van der Waals surface area contributed by atoms with E-state index >= 15 is 0 Å². The predicted molar refractivity (Wildman–Crippen MR) is 92.3 cm³/mol. The Balaban J connectivity index is 1.81. The second-order valence-corrected chi connectivity index (χ2v) is 7.03. The fourth-order valence-corrected chi connectivity index (χ4v) is 3.12. The normalized spacial score (nSPS) is 18.2. The zero-order valence-electron chi connectivity index (χ0n) is 14.2. The van der Waals surface area contributed by atoms with E-state index in [1.165, 1.54) is 6.20 Å². The van der Waals surface area contributed by atoms with E-state index in [2.05, 4.69) is 15.1 Å². The Labute approximate surface area is 146 Å². The lowest BCUT2D eigenvalue weighted by Gasteiger charge is -2.32. The first kappa shape index (κ1) is 16.9. The predicted octanol–water partition coefficient (Wildman–Crippen LogP) is 3.24. The maximum absolute atomic E-state index is 12.9. The van der Waals surface area contributed by atoms with E-state index in [0.29, 0.717) is 29.6 Å². The van der Waals surface area contributed by atoms with Crippen LogP contribution in [0, 0.1) is 6.92 Å². The Kier molecular flexibility index (Phi) is 4.85. The molecule has 1 aliphatic rings. The highest BCUT2D eigenvalue weighted by molar-refractivity contribution is 6.33. The molecule has 0 spiro atoms. The van der Waals surface area contributed by atoms with Crippen LogP contribution in [0.4, 0.5) is 0 Å². The first-order chi connectivity index (χ1) is 11.5. The fraction of sp³-hybridized carbons (Fsp3) is 0.529. The van der Waals surface area contributed by atoms with Crippen LogP contribution in [0.25, 0.3) is 0 Å². The molecule has 24 heavy (non-hydrogen) atoms. The topological polar surface area (TPSA) is 63.9 Å². The van der Waals surface area contributed by atoms with Crippen molar-refractivity contribution in [1.29, 1.82) is 0 Å². The number of rotatable bonds is 3. The van der Waals surface area contributed by atoms with Gasteiger partial charge in [0.25, 0.3) is 5.91 Å². The van der Waals surface area contributed by atoms with Crippen molar-refractivity contribution < 1.29 is 4.79 Å². The standard InChI is InChI=1S/C17H22ClN5O/c1-11(2)16-19-8-14(18)15(21-16)17(24)22-6-4-5-13(10-22)23-9-12(3)7-20-23/h7-9,11,13H,4-6,10H2,1-3H3/t13-/m1/s1. The Morgan fingerprint density at radius 3 is 2.83 bits per heavy atom. The average molecular weight is 348 g/mol.